The highest BCUT2D eigenvalue weighted by Gasteiger charge is 2.07. The Morgan fingerprint density at radius 3 is 2.00 bits per heavy atom. The molecule has 0 aliphatic heterocycles. The van der Waals surface area contributed by atoms with Crippen molar-refractivity contribution >= 4 is 0 Å². The average molecular weight is 243 g/mol. The van der Waals surface area contributed by atoms with E-state index in [1.807, 2.05) is 0 Å². The topological polar surface area (TPSA) is 35.2 Å². The molecule has 0 saturated heterocycles. The van der Waals surface area contributed by atoms with E-state index in [9.17, 15) is 0 Å². The first-order chi connectivity index (χ1) is 8.35. The van der Waals surface area contributed by atoms with Crippen LogP contribution >= 0.6 is 0 Å². The highest BCUT2D eigenvalue weighted by molar-refractivity contribution is 4.59. The van der Waals surface area contributed by atoms with E-state index in [-0.39, 0.29) is 0 Å². The van der Waals surface area contributed by atoms with Crippen molar-refractivity contribution in [2.45, 2.75) is 84.2 Å². The largest absolute Gasteiger partial charge is 0.379 e. The van der Waals surface area contributed by atoms with Crippen LogP contribution in [0.15, 0.2) is 0 Å². The lowest BCUT2D eigenvalue weighted by Gasteiger charge is -2.16. The van der Waals surface area contributed by atoms with Gasteiger partial charge in [-0.3, -0.25) is 0 Å². The van der Waals surface area contributed by atoms with Gasteiger partial charge in [0.25, 0.3) is 0 Å². The van der Waals surface area contributed by atoms with Gasteiger partial charge in [-0.2, -0.15) is 0 Å². The predicted octanol–water partition coefficient (Wildman–Crippen LogP) is 4.27. The highest BCUT2D eigenvalue weighted by atomic mass is 16.5. The molecule has 0 aromatic rings. The Morgan fingerprint density at radius 1 is 0.824 bits per heavy atom. The van der Waals surface area contributed by atoms with Crippen molar-refractivity contribution in [3.63, 3.8) is 0 Å². The van der Waals surface area contributed by atoms with Crippen molar-refractivity contribution < 1.29 is 4.74 Å². The van der Waals surface area contributed by atoms with E-state index in [1.165, 1.54) is 51.4 Å². The van der Waals surface area contributed by atoms with E-state index >= 15 is 0 Å². The standard InChI is InChI=1S/C15H33NO/c1-3-5-6-7-8-9-10-12-15(17-4-2)13-11-14-16/h15H,3-14,16H2,1-2H3. The van der Waals surface area contributed by atoms with Gasteiger partial charge in [0.15, 0.2) is 0 Å². The zero-order valence-corrected chi connectivity index (χ0v) is 12.0. The van der Waals surface area contributed by atoms with Crippen LogP contribution in [0, 0.1) is 0 Å². The molecule has 2 nitrogen and oxygen atoms in total. The van der Waals surface area contributed by atoms with Crippen molar-refractivity contribution in [1.29, 1.82) is 0 Å². The molecule has 0 spiro atoms. The number of hydrogen-bond donors (Lipinski definition) is 1. The molecule has 17 heavy (non-hydrogen) atoms. The summed E-state index contributed by atoms with van der Waals surface area (Å²) in [6, 6.07) is 0. The number of rotatable bonds is 13. The SMILES string of the molecule is CCCCCCCCCC(CCCN)OCC. The fourth-order valence-electron chi connectivity index (χ4n) is 2.22. The second-order valence-electron chi connectivity index (χ2n) is 4.92. The van der Waals surface area contributed by atoms with Gasteiger partial charge in [0, 0.05) is 6.61 Å². The highest BCUT2D eigenvalue weighted by Crippen LogP contribution is 2.14. The van der Waals surface area contributed by atoms with Gasteiger partial charge in [0.2, 0.25) is 0 Å². The Morgan fingerprint density at radius 2 is 1.41 bits per heavy atom. The van der Waals surface area contributed by atoms with Crippen LogP contribution in [-0.2, 0) is 4.74 Å². The first-order valence-electron chi connectivity index (χ1n) is 7.66. The minimum Gasteiger partial charge on any atom is -0.379 e. The van der Waals surface area contributed by atoms with E-state index in [4.69, 9.17) is 10.5 Å². The summed E-state index contributed by atoms with van der Waals surface area (Å²) in [4.78, 5) is 0. The minimum absolute atomic E-state index is 0.458. The molecule has 0 heterocycles. The van der Waals surface area contributed by atoms with Crippen LogP contribution in [0.25, 0.3) is 0 Å². The molecule has 2 heteroatoms. The van der Waals surface area contributed by atoms with Crippen molar-refractivity contribution in [1.82, 2.24) is 0 Å². The Kier molecular flexibility index (Phi) is 13.9. The monoisotopic (exact) mass is 243 g/mol. The summed E-state index contributed by atoms with van der Waals surface area (Å²) in [6.45, 7) is 5.98. The number of hydrogen-bond acceptors (Lipinski definition) is 2. The van der Waals surface area contributed by atoms with Crippen LogP contribution < -0.4 is 5.73 Å². The Bertz CT molecular complexity index is 139. The summed E-state index contributed by atoms with van der Waals surface area (Å²) in [5.41, 5.74) is 5.54. The Hall–Kier alpha value is -0.0800. The van der Waals surface area contributed by atoms with Crippen molar-refractivity contribution in [3.8, 4) is 0 Å². The van der Waals surface area contributed by atoms with Gasteiger partial charge in [-0.25, -0.2) is 0 Å². The van der Waals surface area contributed by atoms with Crippen LogP contribution in [0.1, 0.15) is 78.1 Å². The van der Waals surface area contributed by atoms with E-state index < -0.39 is 0 Å². The number of unbranched alkanes of at least 4 members (excludes halogenated alkanes) is 6. The summed E-state index contributed by atoms with van der Waals surface area (Å²) >= 11 is 0. The molecule has 104 valence electrons. The molecule has 0 saturated carbocycles. The summed E-state index contributed by atoms with van der Waals surface area (Å²) in [6.07, 6.45) is 13.6. The van der Waals surface area contributed by atoms with Gasteiger partial charge in [0.05, 0.1) is 6.10 Å². The van der Waals surface area contributed by atoms with Gasteiger partial charge in [-0.1, -0.05) is 51.9 Å². The van der Waals surface area contributed by atoms with Gasteiger partial charge in [0.1, 0.15) is 0 Å². The zero-order valence-electron chi connectivity index (χ0n) is 12.0. The van der Waals surface area contributed by atoms with Gasteiger partial charge in [-0.05, 0) is 32.7 Å². The Labute approximate surface area is 108 Å². The third kappa shape index (κ3) is 12.2. The third-order valence-corrected chi connectivity index (χ3v) is 3.26. The third-order valence-electron chi connectivity index (χ3n) is 3.26. The molecule has 0 aliphatic rings. The molecule has 0 rings (SSSR count). The second-order valence-corrected chi connectivity index (χ2v) is 4.92. The molecule has 1 unspecified atom stereocenters. The van der Waals surface area contributed by atoms with Gasteiger partial charge >= 0.3 is 0 Å². The molecule has 0 aliphatic carbocycles. The first kappa shape index (κ1) is 16.9. The summed E-state index contributed by atoms with van der Waals surface area (Å²) < 4.78 is 5.73. The van der Waals surface area contributed by atoms with Crippen molar-refractivity contribution in [2.24, 2.45) is 5.73 Å². The smallest absolute Gasteiger partial charge is 0.0575 e. The van der Waals surface area contributed by atoms with Crippen LogP contribution in [0.3, 0.4) is 0 Å². The molecule has 2 N–H and O–H groups in total. The molecule has 0 aromatic heterocycles. The summed E-state index contributed by atoms with van der Waals surface area (Å²) in [5, 5.41) is 0. The van der Waals surface area contributed by atoms with Crippen LogP contribution in [-0.4, -0.2) is 19.3 Å². The number of ether oxygens (including phenoxy) is 1. The lowest BCUT2D eigenvalue weighted by Crippen LogP contribution is -2.15. The molecule has 0 fully saturated rings. The maximum atomic E-state index is 5.73. The zero-order chi connectivity index (χ0) is 12.8. The Balaban J connectivity index is 3.34. The molecular weight excluding hydrogens is 210 g/mol. The lowest BCUT2D eigenvalue weighted by molar-refractivity contribution is 0.0479. The quantitative estimate of drug-likeness (QED) is 0.490. The molecule has 1 atom stereocenters. The first-order valence-corrected chi connectivity index (χ1v) is 7.66. The van der Waals surface area contributed by atoms with Crippen LogP contribution in [0.4, 0.5) is 0 Å². The van der Waals surface area contributed by atoms with Gasteiger partial charge < -0.3 is 10.5 Å². The molecule has 0 bridgehead atoms. The average Bonchev–Trinajstić information content (AvgIpc) is 2.34. The lowest BCUT2D eigenvalue weighted by atomic mass is 10.0. The molecule has 0 amide bonds. The molecular formula is C15H33NO. The fraction of sp³-hybridized carbons (Fsp3) is 1.00. The maximum absolute atomic E-state index is 5.73. The minimum atomic E-state index is 0.458. The molecule has 0 radical (unpaired) electrons. The predicted molar refractivity (Wildman–Crippen MR) is 76.3 cm³/mol. The van der Waals surface area contributed by atoms with Gasteiger partial charge in [-0.15, -0.1) is 0 Å². The van der Waals surface area contributed by atoms with E-state index in [0.717, 1.165) is 26.0 Å². The van der Waals surface area contributed by atoms with Crippen LogP contribution in [0.2, 0.25) is 0 Å². The summed E-state index contributed by atoms with van der Waals surface area (Å²) in [7, 11) is 0. The van der Waals surface area contributed by atoms with E-state index in [0.29, 0.717) is 6.10 Å². The van der Waals surface area contributed by atoms with E-state index in [2.05, 4.69) is 13.8 Å². The number of nitrogens with two attached hydrogens (primary N) is 1. The molecule has 0 aromatic carbocycles. The normalized spacial score (nSPS) is 12.9. The van der Waals surface area contributed by atoms with Crippen molar-refractivity contribution in [2.75, 3.05) is 13.2 Å². The maximum Gasteiger partial charge on any atom is 0.0575 e. The van der Waals surface area contributed by atoms with E-state index in [1.54, 1.807) is 0 Å². The van der Waals surface area contributed by atoms with Crippen molar-refractivity contribution in [3.05, 3.63) is 0 Å². The van der Waals surface area contributed by atoms with Crippen LogP contribution in [0.5, 0.6) is 0 Å². The summed E-state index contributed by atoms with van der Waals surface area (Å²) in [5.74, 6) is 0. The fourth-order valence-corrected chi connectivity index (χ4v) is 2.22. The second kappa shape index (κ2) is 14.0.